The molecule has 0 aliphatic heterocycles. The molecule has 4 heteroatoms. The molecule has 1 saturated carbocycles. The number of rotatable bonds is 2. The van der Waals surface area contributed by atoms with Gasteiger partial charge in [-0.25, -0.2) is 9.97 Å². The molecule has 0 aromatic carbocycles. The van der Waals surface area contributed by atoms with Crippen LogP contribution in [0, 0.1) is 6.92 Å². The number of aryl methyl sites for hydroxylation is 1. The highest BCUT2D eigenvalue weighted by molar-refractivity contribution is 7.99. The van der Waals surface area contributed by atoms with E-state index in [0.29, 0.717) is 5.82 Å². The van der Waals surface area contributed by atoms with Crippen LogP contribution in [0.5, 0.6) is 0 Å². The van der Waals surface area contributed by atoms with Crippen molar-refractivity contribution in [3.8, 4) is 0 Å². The average molecular weight is 209 g/mol. The number of nitrogens with two attached hydrogens (primary N) is 1. The van der Waals surface area contributed by atoms with E-state index in [2.05, 4.69) is 9.97 Å². The summed E-state index contributed by atoms with van der Waals surface area (Å²) in [4.78, 5) is 8.43. The van der Waals surface area contributed by atoms with Crippen LogP contribution in [0.15, 0.2) is 11.1 Å². The van der Waals surface area contributed by atoms with E-state index in [0.717, 1.165) is 16.1 Å². The maximum Gasteiger partial charge on any atom is 0.128 e. The number of hydrogen-bond acceptors (Lipinski definition) is 4. The third-order valence-electron chi connectivity index (χ3n) is 2.42. The van der Waals surface area contributed by atoms with E-state index in [9.17, 15) is 0 Å². The third-order valence-corrected chi connectivity index (χ3v) is 3.68. The van der Waals surface area contributed by atoms with Gasteiger partial charge in [0.05, 0.1) is 0 Å². The predicted molar refractivity (Wildman–Crippen MR) is 59.3 cm³/mol. The van der Waals surface area contributed by atoms with Gasteiger partial charge < -0.3 is 5.73 Å². The molecule has 1 fully saturated rings. The highest BCUT2D eigenvalue weighted by Gasteiger charge is 2.17. The Balaban J connectivity index is 2.07. The first-order valence-electron chi connectivity index (χ1n) is 5.02. The monoisotopic (exact) mass is 209 g/mol. The summed E-state index contributed by atoms with van der Waals surface area (Å²) in [6.45, 7) is 1.88. The first-order chi connectivity index (χ1) is 6.74. The molecule has 0 saturated heterocycles. The van der Waals surface area contributed by atoms with E-state index >= 15 is 0 Å². The van der Waals surface area contributed by atoms with Gasteiger partial charge in [-0.15, -0.1) is 11.8 Å². The summed E-state index contributed by atoms with van der Waals surface area (Å²) in [5.41, 5.74) is 5.67. The van der Waals surface area contributed by atoms with Crippen molar-refractivity contribution >= 4 is 17.6 Å². The molecule has 0 bridgehead atoms. The van der Waals surface area contributed by atoms with E-state index in [1.807, 2.05) is 24.8 Å². The lowest BCUT2D eigenvalue weighted by Gasteiger charge is -2.08. The lowest BCUT2D eigenvalue weighted by Crippen LogP contribution is -1.99. The minimum atomic E-state index is 0.581. The fourth-order valence-electron chi connectivity index (χ4n) is 1.80. The molecular formula is C10H15N3S. The molecule has 2 N–H and O–H groups in total. The van der Waals surface area contributed by atoms with Gasteiger partial charge in [0.15, 0.2) is 0 Å². The lowest BCUT2D eigenvalue weighted by atomic mass is 10.4. The van der Waals surface area contributed by atoms with E-state index in [1.54, 1.807) is 0 Å². The summed E-state index contributed by atoms with van der Waals surface area (Å²) in [5, 5.41) is 1.77. The number of hydrogen-bond donors (Lipinski definition) is 1. The van der Waals surface area contributed by atoms with Crippen LogP contribution in [0.1, 0.15) is 31.5 Å². The summed E-state index contributed by atoms with van der Waals surface area (Å²) in [7, 11) is 0. The number of nitrogens with zero attached hydrogens (tertiary/aromatic N) is 2. The molecule has 0 radical (unpaired) electrons. The third kappa shape index (κ3) is 2.38. The molecule has 0 amide bonds. The lowest BCUT2D eigenvalue weighted by molar-refractivity contribution is 0.886. The van der Waals surface area contributed by atoms with Crippen LogP contribution in [0.3, 0.4) is 0 Å². The first kappa shape index (κ1) is 9.77. The Labute approximate surface area is 88.5 Å². The van der Waals surface area contributed by atoms with Crippen LogP contribution in [0.25, 0.3) is 0 Å². The Hall–Kier alpha value is -0.770. The van der Waals surface area contributed by atoms with Gasteiger partial charge in [-0.1, -0.05) is 12.8 Å². The van der Waals surface area contributed by atoms with Gasteiger partial charge >= 0.3 is 0 Å². The zero-order chi connectivity index (χ0) is 9.97. The van der Waals surface area contributed by atoms with E-state index in [-0.39, 0.29) is 0 Å². The second-order valence-corrected chi connectivity index (χ2v) is 5.02. The second-order valence-electron chi connectivity index (χ2n) is 3.70. The maximum atomic E-state index is 5.67. The fourth-order valence-corrected chi connectivity index (χ4v) is 3.08. The molecule has 1 heterocycles. The van der Waals surface area contributed by atoms with Crippen molar-refractivity contribution in [3.63, 3.8) is 0 Å². The zero-order valence-corrected chi connectivity index (χ0v) is 9.18. The molecule has 1 aliphatic carbocycles. The minimum Gasteiger partial charge on any atom is -0.384 e. The van der Waals surface area contributed by atoms with Gasteiger partial charge in [-0.2, -0.15) is 0 Å². The molecule has 0 spiro atoms. The zero-order valence-electron chi connectivity index (χ0n) is 8.36. The Bertz CT molecular complexity index is 301. The van der Waals surface area contributed by atoms with Crippen molar-refractivity contribution in [3.05, 3.63) is 11.9 Å². The highest BCUT2D eigenvalue weighted by Crippen LogP contribution is 2.33. The van der Waals surface area contributed by atoms with Gasteiger partial charge in [-0.3, -0.25) is 0 Å². The second kappa shape index (κ2) is 4.17. The standard InChI is InChI=1S/C10H15N3S/c1-7-12-9(11)6-10(13-7)14-8-4-2-3-5-8/h6,8H,2-5H2,1H3,(H2,11,12,13). The van der Waals surface area contributed by atoms with E-state index < -0.39 is 0 Å². The van der Waals surface area contributed by atoms with Crippen molar-refractivity contribution in [2.24, 2.45) is 0 Å². The van der Waals surface area contributed by atoms with Gasteiger partial charge in [-0.05, 0) is 19.8 Å². The van der Waals surface area contributed by atoms with Crippen LogP contribution in [0.4, 0.5) is 5.82 Å². The van der Waals surface area contributed by atoms with Crippen molar-refractivity contribution in [2.75, 3.05) is 5.73 Å². The van der Waals surface area contributed by atoms with Crippen LogP contribution >= 0.6 is 11.8 Å². The predicted octanol–water partition coefficient (Wildman–Crippen LogP) is 2.40. The molecule has 1 aromatic heterocycles. The van der Waals surface area contributed by atoms with Crippen molar-refractivity contribution in [1.29, 1.82) is 0 Å². The number of thioether (sulfide) groups is 1. The van der Waals surface area contributed by atoms with Crippen molar-refractivity contribution in [2.45, 2.75) is 42.9 Å². The number of nitrogen functional groups attached to an aromatic ring is 1. The Morgan fingerprint density at radius 1 is 1.36 bits per heavy atom. The summed E-state index contributed by atoms with van der Waals surface area (Å²) < 4.78 is 0. The van der Waals surface area contributed by atoms with Crippen LogP contribution < -0.4 is 5.73 Å². The molecule has 2 rings (SSSR count). The van der Waals surface area contributed by atoms with E-state index in [1.165, 1.54) is 25.7 Å². The fraction of sp³-hybridized carbons (Fsp3) is 0.600. The Morgan fingerprint density at radius 3 is 2.71 bits per heavy atom. The number of anilines is 1. The Kier molecular flexibility index (Phi) is 2.91. The average Bonchev–Trinajstić information content (AvgIpc) is 2.54. The quantitative estimate of drug-likeness (QED) is 0.760. The van der Waals surface area contributed by atoms with E-state index in [4.69, 9.17) is 5.73 Å². The topological polar surface area (TPSA) is 51.8 Å². The maximum absolute atomic E-state index is 5.67. The Morgan fingerprint density at radius 2 is 2.07 bits per heavy atom. The summed E-state index contributed by atoms with van der Waals surface area (Å²) in [5.74, 6) is 1.35. The van der Waals surface area contributed by atoms with Gasteiger partial charge in [0.1, 0.15) is 16.7 Å². The molecule has 1 aromatic rings. The molecule has 0 unspecified atom stereocenters. The van der Waals surface area contributed by atoms with Crippen LogP contribution in [0.2, 0.25) is 0 Å². The molecule has 76 valence electrons. The smallest absolute Gasteiger partial charge is 0.128 e. The largest absolute Gasteiger partial charge is 0.384 e. The normalized spacial score (nSPS) is 17.5. The first-order valence-corrected chi connectivity index (χ1v) is 5.90. The van der Waals surface area contributed by atoms with Crippen molar-refractivity contribution < 1.29 is 0 Å². The molecule has 14 heavy (non-hydrogen) atoms. The summed E-state index contributed by atoms with van der Waals surface area (Å²) in [6.07, 6.45) is 5.34. The molecule has 0 atom stereocenters. The highest BCUT2D eigenvalue weighted by atomic mass is 32.2. The summed E-state index contributed by atoms with van der Waals surface area (Å²) >= 11 is 1.85. The van der Waals surface area contributed by atoms with Gasteiger partial charge in [0, 0.05) is 11.3 Å². The molecule has 3 nitrogen and oxygen atoms in total. The van der Waals surface area contributed by atoms with Gasteiger partial charge in [0.25, 0.3) is 0 Å². The van der Waals surface area contributed by atoms with Crippen molar-refractivity contribution in [1.82, 2.24) is 9.97 Å². The molecular weight excluding hydrogens is 194 g/mol. The molecule has 1 aliphatic rings. The SMILES string of the molecule is Cc1nc(N)cc(SC2CCCC2)n1. The van der Waals surface area contributed by atoms with Crippen LogP contribution in [-0.2, 0) is 0 Å². The van der Waals surface area contributed by atoms with Crippen LogP contribution in [-0.4, -0.2) is 15.2 Å². The number of aromatic nitrogens is 2. The summed E-state index contributed by atoms with van der Waals surface area (Å²) in [6, 6.07) is 1.87. The minimum absolute atomic E-state index is 0.581. The van der Waals surface area contributed by atoms with Gasteiger partial charge in [0.2, 0.25) is 0 Å².